The summed E-state index contributed by atoms with van der Waals surface area (Å²) in [6.07, 6.45) is -3.96. The molecular weight excluding hydrogens is 421 g/mol. The smallest absolute Gasteiger partial charge is 0.406 e. The fourth-order valence-corrected chi connectivity index (χ4v) is 3.60. The zero-order valence-corrected chi connectivity index (χ0v) is 16.9. The molecule has 0 radical (unpaired) electrons. The molecule has 32 heavy (non-hydrogen) atoms. The molecule has 1 heterocycles. The third-order valence-corrected chi connectivity index (χ3v) is 5.07. The summed E-state index contributed by atoms with van der Waals surface area (Å²) < 4.78 is 40.5. The normalized spacial score (nSPS) is 12.9. The zero-order chi connectivity index (χ0) is 22.7. The number of amides is 2. The second-order valence-corrected chi connectivity index (χ2v) is 7.33. The maximum absolute atomic E-state index is 12.9. The highest BCUT2D eigenvalue weighted by molar-refractivity contribution is 6.07. The largest absolute Gasteiger partial charge is 0.573 e. The lowest BCUT2D eigenvalue weighted by Gasteiger charge is -2.17. The molecule has 3 aromatic carbocycles. The fraction of sp³-hybridized carbons (Fsp3) is 0.167. The van der Waals surface area contributed by atoms with Gasteiger partial charge in [0.1, 0.15) is 5.75 Å². The Morgan fingerprint density at radius 1 is 0.938 bits per heavy atom. The van der Waals surface area contributed by atoms with Crippen molar-refractivity contribution in [1.29, 1.82) is 0 Å². The second-order valence-electron chi connectivity index (χ2n) is 7.33. The molecule has 0 atom stereocenters. The number of halogens is 3. The molecule has 0 aliphatic carbocycles. The maximum atomic E-state index is 12.9. The van der Waals surface area contributed by atoms with E-state index in [1.165, 1.54) is 12.1 Å². The van der Waals surface area contributed by atoms with E-state index in [0.29, 0.717) is 23.4 Å². The van der Waals surface area contributed by atoms with Crippen molar-refractivity contribution >= 4 is 23.2 Å². The highest BCUT2D eigenvalue weighted by atomic mass is 19.4. The number of alkyl halides is 3. The van der Waals surface area contributed by atoms with Crippen LogP contribution in [0.5, 0.6) is 5.75 Å². The van der Waals surface area contributed by atoms with Crippen LogP contribution in [0.3, 0.4) is 0 Å². The van der Waals surface area contributed by atoms with Crippen molar-refractivity contribution in [3.05, 3.63) is 89.5 Å². The number of fused-ring (bicyclic) bond motifs is 1. The van der Waals surface area contributed by atoms with E-state index in [1.54, 1.807) is 29.2 Å². The van der Waals surface area contributed by atoms with Crippen LogP contribution in [0.4, 0.5) is 24.5 Å². The molecule has 0 saturated carbocycles. The van der Waals surface area contributed by atoms with Crippen LogP contribution in [0, 0.1) is 0 Å². The topological polar surface area (TPSA) is 58.6 Å². The summed E-state index contributed by atoms with van der Waals surface area (Å²) in [6.45, 7) is 0.628. The molecule has 0 saturated heterocycles. The quantitative estimate of drug-likeness (QED) is 0.610. The highest BCUT2D eigenvalue weighted by Gasteiger charge is 2.31. The van der Waals surface area contributed by atoms with Crippen LogP contribution in [0.15, 0.2) is 72.8 Å². The van der Waals surface area contributed by atoms with Gasteiger partial charge in [-0.15, -0.1) is 13.2 Å². The first-order chi connectivity index (χ1) is 15.3. The number of rotatable bonds is 5. The second kappa shape index (κ2) is 8.74. The molecule has 8 heteroatoms. The summed E-state index contributed by atoms with van der Waals surface area (Å²) in [4.78, 5) is 26.9. The van der Waals surface area contributed by atoms with Gasteiger partial charge in [0.2, 0.25) is 5.91 Å². The van der Waals surface area contributed by atoms with Gasteiger partial charge in [-0.1, -0.05) is 30.3 Å². The first kappa shape index (κ1) is 21.4. The van der Waals surface area contributed by atoms with Gasteiger partial charge in [0.15, 0.2) is 0 Å². The van der Waals surface area contributed by atoms with Gasteiger partial charge in [0.05, 0.1) is 6.42 Å². The van der Waals surface area contributed by atoms with Gasteiger partial charge in [-0.25, -0.2) is 0 Å². The predicted octanol–water partition coefficient (Wildman–Crippen LogP) is 4.97. The van der Waals surface area contributed by atoms with Crippen molar-refractivity contribution in [2.45, 2.75) is 19.2 Å². The van der Waals surface area contributed by atoms with Gasteiger partial charge in [-0.2, -0.15) is 0 Å². The van der Waals surface area contributed by atoms with E-state index in [0.717, 1.165) is 29.8 Å². The Kier molecular flexibility index (Phi) is 5.85. The van der Waals surface area contributed by atoms with Gasteiger partial charge in [-0.05, 0) is 60.0 Å². The van der Waals surface area contributed by atoms with Crippen LogP contribution < -0.4 is 15.0 Å². The fourth-order valence-electron chi connectivity index (χ4n) is 3.60. The van der Waals surface area contributed by atoms with E-state index in [2.05, 4.69) is 10.1 Å². The van der Waals surface area contributed by atoms with Gasteiger partial charge >= 0.3 is 6.36 Å². The minimum atomic E-state index is -4.76. The summed E-state index contributed by atoms with van der Waals surface area (Å²) in [6, 6.07) is 19.5. The molecule has 4 rings (SSSR count). The van der Waals surface area contributed by atoms with Gasteiger partial charge < -0.3 is 15.0 Å². The average Bonchev–Trinajstić information content (AvgIpc) is 3.18. The first-order valence-electron chi connectivity index (χ1n) is 9.93. The number of nitrogens with zero attached hydrogens (tertiary/aromatic N) is 1. The van der Waals surface area contributed by atoms with Gasteiger partial charge in [0.25, 0.3) is 5.91 Å². The van der Waals surface area contributed by atoms with E-state index in [9.17, 15) is 22.8 Å². The molecule has 5 nitrogen and oxygen atoms in total. The van der Waals surface area contributed by atoms with Crippen LogP contribution in [0.25, 0.3) is 0 Å². The summed E-state index contributed by atoms with van der Waals surface area (Å²) in [7, 11) is 0. The zero-order valence-electron chi connectivity index (χ0n) is 16.9. The first-order valence-corrected chi connectivity index (χ1v) is 9.93. The lowest BCUT2D eigenvalue weighted by Crippen LogP contribution is -2.28. The minimum Gasteiger partial charge on any atom is -0.406 e. The summed E-state index contributed by atoms with van der Waals surface area (Å²) in [5, 5.41) is 2.72. The Morgan fingerprint density at radius 2 is 1.62 bits per heavy atom. The Balaban J connectivity index is 1.34. The highest BCUT2D eigenvalue weighted by Crippen LogP contribution is 2.29. The SMILES string of the molecule is O=C(Cc1ccc(OC(F)(F)F)cc1)Nc1ccc(C(=O)N2CCc3ccccc32)cc1. The molecule has 2 amide bonds. The lowest BCUT2D eigenvalue weighted by atomic mass is 10.1. The number of carbonyl (C=O) groups is 2. The average molecular weight is 440 g/mol. The van der Waals surface area contributed by atoms with Crippen LogP contribution >= 0.6 is 0 Å². The Morgan fingerprint density at radius 3 is 2.31 bits per heavy atom. The molecule has 0 bridgehead atoms. The van der Waals surface area contributed by atoms with Gasteiger partial charge in [-0.3, -0.25) is 9.59 Å². The number of hydrogen-bond acceptors (Lipinski definition) is 3. The van der Waals surface area contributed by atoms with E-state index >= 15 is 0 Å². The Hall–Kier alpha value is -3.81. The molecule has 0 aromatic heterocycles. The Labute approximate surface area is 182 Å². The lowest BCUT2D eigenvalue weighted by molar-refractivity contribution is -0.274. The van der Waals surface area contributed by atoms with Crippen LogP contribution in [-0.2, 0) is 17.6 Å². The number of para-hydroxylation sites is 1. The molecule has 1 aliphatic rings. The Bertz CT molecular complexity index is 1130. The number of ether oxygens (including phenoxy) is 1. The van der Waals surface area contributed by atoms with Crippen molar-refractivity contribution in [3.63, 3.8) is 0 Å². The van der Waals surface area contributed by atoms with Crippen LogP contribution in [-0.4, -0.2) is 24.7 Å². The van der Waals surface area contributed by atoms with Crippen molar-refractivity contribution in [2.75, 3.05) is 16.8 Å². The third-order valence-electron chi connectivity index (χ3n) is 5.07. The molecule has 1 aliphatic heterocycles. The third kappa shape index (κ3) is 5.08. The molecule has 0 spiro atoms. The van der Waals surface area contributed by atoms with Crippen LogP contribution in [0.2, 0.25) is 0 Å². The summed E-state index contributed by atoms with van der Waals surface area (Å²) >= 11 is 0. The molecular formula is C24H19F3N2O3. The van der Waals surface area contributed by atoms with E-state index in [4.69, 9.17) is 0 Å². The standard InChI is InChI=1S/C24H19F3N2O3/c25-24(26,27)32-20-11-5-16(6-12-20)15-22(30)28-19-9-7-18(8-10-19)23(31)29-14-13-17-3-1-2-4-21(17)29/h1-12H,13-15H2,(H,28,30). The van der Waals surface area contributed by atoms with E-state index < -0.39 is 6.36 Å². The molecule has 1 N–H and O–H groups in total. The number of hydrogen-bond donors (Lipinski definition) is 1. The molecule has 164 valence electrons. The molecule has 3 aromatic rings. The van der Waals surface area contributed by atoms with Crippen molar-refractivity contribution in [1.82, 2.24) is 0 Å². The van der Waals surface area contributed by atoms with Crippen molar-refractivity contribution in [3.8, 4) is 5.75 Å². The van der Waals surface area contributed by atoms with Gasteiger partial charge in [0, 0.05) is 23.5 Å². The summed E-state index contributed by atoms with van der Waals surface area (Å²) in [5.41, 5.74) is 3.63. The monoisotopic (exact) mass is 440 g/mol. The number of anilines is 2. The summed E-state index contributed by atoms with van der Waals surface area (Å²) in [5.74, 6) is -0.779. The van der Waals surface area contributed by atoms with Crippen LogP contribution in [0.1, 0.15) is 21.5 Å². The number of carbonyl (C=O) groups excluding carboxylic acids is 2. The maximum Gasteiger partial charge on any atom is 0.573 e. The van der Waals surface area contributed by atoms with E-state index in [-0.39, 0.29) is 24.0 Å². The van der Waals surface area contributed by atoms with Crippen molar-refractivity contribution in [2.24, 2.45) is 0 Å². The number of benzene rings is 3. The van der Waals surface area contributed by atoms with Crippen molar-refractivity contribution < 1.29 is 27.5 Å². The molecule has 0 fully saturated rings. The number of nitrogens with one attached hydrogen (secondary N) is 1. The predicted molar refractivity (Wildman–Crippen MR) is 114 cm³/mol. The van der Waals surface area contributed by atoms with E-state index in [1.807, 2.05) is 24.3 Å². The minimum absolute atomic E-state index is 0.0163. The molecule has 0 unspecified atom stereocenters.